The van der Waals surface area contributed by atoms with Gasteiger partial charge in [0.1, 0.15) is 18.6 Å². The number of carboxylic acid groups (broad SMARTS) is 2. The monoisotopic (exact) mass is 415 g/mol. The smallest absolute Gasteiger partial charge is 0.388 e. The molecule has 0 radical (unpaired) electrons. The van der Waals surface area contributed by atoms with Crippen LogP contribution in [0.5, 0.6) is 0 Å². The number of nitrogens with one attached hydrogen (secondary N) is 2. The van der Waals surface area contributed by atoms with Crippen molar-refractivity contribution in [3.05, 3.63) is 0 Å². The van der Waals surface area contributed by atoms with Crippen LogP contribution < -0.4 is 16.4 Å². The van der Waals surface area contributed by atoms with E-state index in [9.17, 15) is 23.7 Å². The first-order valence-electron chi connectivity index (χ1n) is 7.18. The summed E-state index contributed by atoms with van der Waals surface area (Å²) < 4.78 is 21.4. The maximum atomic E-state index is 12.0. The van der Waals surface area contributed by atoms with Crippen LogP contribution in [0.3, 0.4) is 0 Å². The molecule has 2 atom stereocenters. The Morgan fingerprint density at radius 1 is 1.19 bits per heavy atom. The van der Waals surface area contributed by atoms with E-state index >= 15 is 0 Å². The first-order valence-corrected chi connectivity index (χ1v) is 10.3. The number of carbonyl (C=O) groups excluding carboxylic acids is 2. The molecule has 2 amide bonds. The van der Waals surface area contributed by atoms with Crippen molar-refractivity contribution < 1.29 is 43.0 Å². The van der Waals surface area contributed by atoms with Crippen molar-refractivity contribution >= 4 is 41.9 Å². The third-order valence-electron chi connectivity index (χ3n) is 2.91. The van der Waals surface area contributed by atoms with Crippen molar-refractivity contribution in [2.24, 2.45) is 5.73 Å². The molecule has 6 N–H and O–H groups in total. The fourth-order valence-corrected chi connectivity index (χ4v) is 4.04. The van der Waals surface area contributed by atoms with E-state index in [0.717, 1.165) is 14.2 Å². The Hall–Kier alpha value is -1.66. The molecule has 0 aliphatic carbocycles. The second-order valence-electron chi connectivity index (χ2n) is 4.82. The fraction of sp³-hybridized carbons (Fsp3) is 0.667. The van der Waals surface area contributed by atoms with Gasteiger partial charge in [-0.05, 0) is 17.8 Å². The maximum absolute atomic E-state index is 12.0. The number of rotatable bonds is 13. The molecule has 0 saturated heterocycles. The SMILES string of the molecule is COP(=O)(OC)SCC(NC(=O)CC[C@@H](N)C(=O)O)C(=O)NCC(=O)O. The highest BCUT2D eigenvalue weighted by Gasteiger charge is 2.29. The second kappa shape index (κ2) is 11.9. The summed E-state index contributed by atoms with van der Waals surface area (Å²) in [5, 5.41) is 21.7. The van der Waals surface area contributed by atoms with Gasteiger partial charge in [-0.25, -0.2) is 4.57 Å². The zero-order valence-corrected chi connectivity index (χ0v) is 15.9. The molecule has 0 aliphatic rings. The summed E-state index contributed by atoms with van der Waals surface area (Å²) >= 11 is 0.635. The van der Waals surface area contributed by atoms with E-state index in [4.69, 9.17) is 25.0 Å². The topological polar surface area (TPSA) is 194 Å². The minimum Gasteiger partial charge on any atom is -0.480 e. The van der Waals surface area contributed by atoms with Crippen LogP contribution in [0.1, 0.15) is 12.8 Å². The largest absolute Gasteiger partial charge is 0.480 e. The second-order valence-corrected chi connectivity index (χ2v) is 9.16. The Balaban J connectivity index is 4.88. The molecule has 0 spiro atoms. The summed E-state index contributed by atoms with van der Waals surface area (Å²) in [5.41, 5.74) is 5.29. The number of amides is 2. The standard InChI is InChI=1S/C12H22N3O9PS/c1-23-25(22,24-2)26-6-8(11(19)14-5-10(17)18)15-9(16)4-3-7(13)12(20)21/h7-8H,3-6,13H2,1-2H3,(H,14,19)(H,15,16)(H,17,18)(H,20,21)/t7-,8?/m1/s1. The quantitative estimate of drug-likeness (QED) is 0.231. The van der Waals surface area contributed by atoms with E-state index < -0.39 is 49.2 Å². The highest BCUT2D eigenvalue weighted by Crippen LogP contribution is 2.59. The van der Waals surface area contributed by atoms with Crippen LogP contribution in [0.15, 0.2) is 0 Å². The molecular formula is C12H22N3O9PS. The molecule has 0 aromatic rings. The molecule has 0 heterocycles. The molecule has 150 valence electrons. The van der Waals surface area contributed by atoms with E-state index in [1.54, 1.807) is 0 Å². The van der Waals surface area contributed by atoms with Crippen molar-refractivity contribution in [3.8, 4) is 0 Å². The lowest BCUT2D eigenvalue weighted by molar-refractivity contribution is -0.139. The normalized spacial score (nSPS) is 13.5. The van der Waals surface area contributed by atoms with Crippen molar-refractivity contribution in [2.45, 2.75) is 24.9 Å². The van der Waals surface area contributed by atoms with Gasteiger partial charge in [0, 0.05) is 26.4 Å². The van der Waals surface area contributed by atoms with Gasteiger partial charge in [-0.3, -0.25) is 19.2 Å². The molecule has 0 aliphatic heterocycles. The van der Waals surface area contributed by atoms with Gasteiger partial charge in [0.2, 0.25) is 11.8 Å². The molecule has 0 rings (SSSR count). The zero-order chi connectivity index (χ0) is 20.3. The number of aliphatic carboxylic acids is 2. The lowest BCUT2D eigenvalue weighted by Gasteiger charge is -2.20. The average molecular weight is 415 g/mol. The summed E-state index contributed by atoms with van der Waals surface area (Å²) in [6.07, 6.45) is -0.431. The minimum atomic E-state index is -3.53. The molecular weight excluding hydrogens is 393 g/mol. The number of nitrogens with two attached hydrogens (primary N) is 1. The molecule has 14 heteroatoms. The summed E-state index contributed by atoms with van der Waals surface area (Å²) in [6.45, 7) is -4.20. The van der Waals surface area contributed by atoms with E-state index in [2.05, 4.69) is 10.6 Å². The van der Waals surface area contributed by atoms with Gasteiger partial charge in [0.25, 0.3) is 0 Å². The lowest BCUT2D eigenvalue weighted by Crippen LogP contribution is -2.49. The van der Waals surface area contributed by atoms with E-state index in [1.807, 2.05) is 0 Å². The summed E-state index contributed by atoms with van der Waals surface area (Å²) in [4.78, 5) is 45.1. The zero-order valence-electron chi connectivity index (χ0n) is 14.2. The van der Waals surface area contributed by atoms with Crippen molar-refractivity contribution in [1.29, 1.82) is 0 Å². The highest BCUT2D eigenvalue weighted by atomic mass is 32.7. The molecule has 0 aromatic heterocycles. The van der Waals surface area contributed by atoms with Crippen LogP contribution in [0.4, 0.5) is 0 Å². The lowest BCUT2D eigenvalue weighted by atomic mass is 10.1. The van der Waals surface area contributed by atoms with E-state index in [0.29, 0.717) is 11.4 Å². The van der Waals surface area contributed by atoms with Crippen LogP contribution in [-0.2, 0) is 32.8 Å². The van der Waals surface area contributed by atoms with Crippen LogP contribution >= 0.6 is 18.2 Å². The predicted molar refractivity (Wildman–Crippen MR) is 91.5 cm³/mol. The summed E-state index contributed by atoms with van der Waals surface area (Å²) in [5.74, 6) is -4.30. The first-order chi connectivity index (χ1) is 12.0. The van der Waals surface area contributed by atoms with Gasteiger partial charge in [-0.1, -0.05) is 0 Å². The van der Waals surface area contributed by atoms with E-state index in [1.165, 1.54) is 0 Å². The van der Waals surface area contributed by atoms with Gasteiger partial charge in [-0.15, -0.1) is 0 Å². The van der Waals surface area contributed by atoms with Crippen molar-refractivity contribution in [2.75, 3.05) is 26.5 Å². The first kappa shape index (κ1) is 24.3. The third-order valence-corrected chi connectivity index (χ3v) is 6.90. The van der Waals surface area contributed by atoms with Gasteiger partial charge >= 0.3 is 18.7 Å². The van der Waals surface area contributed by atoms with Crippen LogP contribution in [0.25, 0.3) is 0 Å². The molecule has 26 heavy (non-hydrogen) atoms. The van der Waals surface area contributed by atoms with E-state index in [-0.39, 0.29) is 18.6 Å². The fourth-order valence-electron chi connectivity index (χ4n) is 1.49. The average Bonchev–Trinajstić information content (AvgIpc) is 2.60. The predicted octanol–water partition coefficient (Wildman–Crippen LogP) is -1.00. The highest BCUT2D eigenvalue weighted by molar-refractivity contribution is 8.55. The molecule has 0 bridgehead atoms. The molecule has 1 unspecified atom stereocenters. The molecule has 0 fully saturated rings. The Morgan fingerprint density at radius 3 is 2.23 bits per heavy atom. The van der Waals surface area contributed by atoms with Crippen LogP contribution in [-0.4, -0.2) is 72.6 Å². The molecule has 12 nitrogen and oxygen atoms in total. The van der Waals surface area contributed by atoms with Gasteiger partial charge < -0.3 is 35.6 Å². The molecule has 0 saturated carbocycles. The van der Waals surface area contributed by atoms with Gasteiger partial charge in [0.15, 0.2) is 0 Å². The van der Waals surface area contributed by atoms with Crippen LogP contribution in [0, 0.1) is 0 Å². The number of hydrogen-bond acceptors (Lipinski definition) is 9. The number of carbonyl (C=O) groups is 4. The Morgan fingerprint density at radius 2 is 1.77 bits per heavy atom. The number of hydrogen-bond donors (Lipinski definition) is 5. The third kappa shape index (κ3) is 9.73. The number of carboxylic acids is 2. The Labute approximate surface area is 153 Å². The van der Waals surface area contributed by atoms with Crippen molar-refractivity contribution in [3.63, 3.8) is 0 Å². The van der Waals surface area contributed by atoms with Gasteiger partial charge in [0.05, 0.1) is 0 Å². The van der Waals surface area contributed by atoms with Crippen molar-refractivity contribution in [1.82, 2.24) is 10.6 Å². The van der Waals surface area contributed by atoms with Gasteiger partial charge in [-0.2, -0.15) is 0 Å². The minimum absolute atomic E-state index is 0.160. The molecule has 0 aromatic carbocycles. The Kier molecular flexibility index (Phi) is 11.1. The maximum Gasteiger partial charge on any atom is 0.388 e. The summed E-state index contributed by atoms with van der Waals surface area (Å²) in [7, 11) is 2.28. The van der Waals surface area contributed by atoms with Crippen LogP contribution in [0.2, 0.25) is 0 Å². The Bertz CT molecular complexity index is 566. The summed E-state index contributed by atoms with van der Waals surface area (Å²) in [6, 6.07) is -2.48.